The summed E-state index contributed by atoms with van der Waals surface area (Å²) in [5.74, 6) is 2.66. The minimum atomic E-state index is 0.850. The third-order valence-electron chi connectivity index (χ3n) is 4.19. The van der Waals surface area contributed by atoms with Crippen LogP contribution in [0.15, 0.2) is 29.8 Å². The van der Waals surface area contributed by atoms with E-state index in [0.717, 1.165) is 40.8 Å². The van der Waals surface area contributed by atoms with E-state index >= 15 is 0 Å². The molecule has 19 heavy (non-hydrogen) atoms. The molecule has 0 bridgehead atoms. The molecule has 2 N–H and O–H groups in total. The molecule has 2 aromatic heterocycles. The maximum absolute atomic E-state index is 4.60. The lowest BCUT2D eigenvalue weighted by molar-refractivity contribution is 0.615. The summed E-state index contributed by atoms with van der Waals surface area (Å²) >= 11 is 1.66. The number of anilines is 1. The zero-order valence-corrected chi connectivity index (χ0v) is 11.4. The normalized spacial score (nSPS) is 28.1. The Labute approximate surface area is 116 Å². The Morgan fingerprint density at radius 1 is 1.26 bits per heavy atom. The number of hydrogen-bond acceptors (Lipinski definition) is 5. The van der Waals surface area contributed by atoms with Gasteiger partial charge in [0.2, 0.25) is 0 Å². The predicted molar refractivity (Wildman–Crippen MR) is 77.2 cm³/mol. The van der Waals surface area contributed by atoms with Crippen molar-refractivity contribution < 1.29 is 0 Å². The highest BCUT2D eigenvalue weighted by Crippen LogP contribution is 2.48. The molecule has 98 valence electrons. The Bertz CT molecular complexity index is 558. The van der Waals surface area contributed by atoms with E-state index in [1.807, 2.05) is 18.2 Å². The molecule has 3 heterocycles. The number of thiazole rings is 1. The van der Waals surface area contributed by atoms with Gasteiger partial charge in [0, 0.05) is 18.1 Å². The fourth-order valence-corrected chi connectivity index (χ4v) is 3.76. The summed E-state index contributed by atoms with van der Waals surface area (Å²) in [7, 11) is 0. The Morgan fingerprint density at radius 3 is 2.95 bits per heavy atom. The third-order valence-corrected chi connectivity index (χ3v) is 4.99. The Morgan fingerprint density at radius 2 is 2.16 bits per heavy atom. The lowest BCUT2D eigenvalue weighted by Gasteiger charge is -2.04. The smallest absolute Gasteiger partial charge is 0.183 e. The summed E-state index contributed by atoms with van der Waals surface area (Å²) < 4.78 is 0. The van der Waals surface area contributed by atoms with Crippen molar-refractivity contribution in [1.29, 1.82) is 0 Å². The summed E-state index contributed by atoms with van der Waals surface area (Å²) in [6, 6.07) is 5.91. The lowest BCUT2D eigenvalue weighted by Crippen LogP contribution is -2.18. The second kappa shape index (κ2) is 4.58. The number of aromatic nitrogens is 2. The summed E-state index contributed by atoms with van der Waals surface area (Å²) in [6.45, 7) is 3.47. The van der Waals surface area contributed by atoms with Crippen LogP contribution in [0.2, 0.25) is 0 Å². The molecule has 2 aromatic rings. The number of pyridine rings is 1. The number of fused-ring (bicyclic) bond motifs is 1. The van der Waals surface area contributed by atoms with Gasteiger partial charge < -0.3 is 10.6 Å². The molecule has 4 rings (SSSR count). The third kappa shape index (κ3) is 2.13. The highest BCUT2D eigenvalue weighted by Gasteiger charge is 2.52. The predicted octanol–water partition coefficient (Wildman–Crippen LogP) is 2.08. The Kier molecular flexibility index (Phi) is 2.74. The van der Waals surface area contributed by atoms with Crippen molar-refractivity contribution in [3.05, 3.63) is 29.8 Å². The fourth-order valence-electron chi connectivity index (χ4n) is 3.04. The molecule has 0 radical (unpaired) electrons. The van der Waals surface area contributed by atoms with Gasteiger partial charge in [0.15, 0.2) is 5.13 Å². The molecule has 1 aliphatic carbocycles. The van der Waals surface area contributed by atoms with Crippen molar-refractivity contribution in [2.75, 3.05) is 25.0 Å². The van der Waals surface area contributed by atoms with Crippen molar-refractivity contribution in [3.8, 4) is 11.4 Å². The van der Waals surface area contributed by atoms with Gasteiger partial charge in [-0.2, -0.15) is 0 Å². The molecule has 5 heteroatoms. The van der Waals surface area contributed by atoms with Crippen LogP contribution in [0.25, 0.3) is 11.4 Å². The van der Waals surface area contributed by atoms with Crippen LogP contribution < -0.4 is 10.6 Å². The number of piperidine rings is 1. The van der Waals surface area contributed by atoms with Gasteiger partial charge in [0.25, 0.3) is 0 Å². The topological polar surface area (TPSA) is 49.8 Å². The number of rotatable bonds is 4. The second-order valence-corrected chi connectivity index (χ2v) is 6.14. The molecule has 4 nitrogen and oxygen atoms in total. The van der Waals surface area contributed by atoms with Gasteiger partial charge in [-0.25, -0.2) is 4.98 Å². The summed E-state index contributed by atoms with van der Waals surface area (Å²) in [6.07, 6.45) is 1.81. The van der Waals surface area contributed by atoms with E-state index in [1.165, 1.54) is 13.1 Å². The van der Waals surface area contributed by atoms with E-state index in [-0.39, 0.29) is 0 Å². The molecule has 1 aliphatic heterocycles. The summed E-state index contributed by atoms with van der Waals surface area (Å²) in [5, 5.41) is 9.99. The van der Waals surface area contributed by atoms with E-state index in [1.54, 1.807) is 17.5 Å². The zero-order chi connectivity index (χ0) is 12.7. The Balaban J connectivity index is 1.39. The standard InChI is InChI=1S/C14H16N4S/c1-2-4-16-12(3-1)13-8-19-14(18-13)17-7-11-9-5-15-6-10(9)11/h1-4,8-11,15H,5-7H2,(H,17,18)/t9-,10+,11?. The first-order chi connectivity index (χ1) is 9.42. The number of nitrogens with one attached hydrogen (secondary N) is 2. The van der Waals surface area contributed by atoms with Crippen molar-refractivity contribution in [2.45, 2.75) is 0 Å². The van der Waals surface area contributed by atoms with E-state index < -0.39 is 0 Å². The van der Waals surface area contributed by atoms with Gasteiger partial charge in [0.1, 0.15) is 5.69 Å². The summed E-state index contributed by atoms with van der Waals surface area (Å²) in [5.41, 5.74) is 1.91. The average molecular weight is 272 g/mol. The van der Waals surface area contributed by atoms with Crippen LogP contribution in [0.3, 0.4) is 0 Å². The minimum Gasteiger partial charge on any atom is -0.361 e. The lowest BCUT2D eigenvalue weighted by atomic mass is 10.3. The van der Waals surface area contributed by atoms with Crippen molar-refractivity contribution in [2.24, 2.45) is 17.8 Å². The maximum atomic E-state index is 4.60. The van der Waals surface area contributed by atoms with E-state index in [4.69, 9.17) is 0 Å². The second-order valence-electron chi connectivity index (χ2n) is 5.28. The van der Waals surface area contributed by atoms with Crippen LogP contribution in [0.1, 0.15) is 0 Å². The molecule has 2 fully saturated rings. The van der Waals surface area contributed by atoms with Crippen molar-refractivity contribution in [3.63, 3.8) is 0 Å². The van der Waals surface area contributed by atoms with Crippen LogP contribution in [-0.4, -0.2) is 29.6 Å². The monoisotopic (exact) mass is 272 g/mol. The minimum absolute atomic E-state index is 0.850. The van der Waals surface area contributed by atoms with Crippen molar-refractivity contribution >= 4 is 16.5 Å². The molecule has 3 atom stereocenters. The molecular formula is C14H16N4S. The van der Waals surface area contributed by atoms with Gasteiger partial charge >= 0.3 is 0 Å². The average Bonchev–Trinajstić information content (AvgIpc) is 2.90. The van der Waals surface area contributed by atoms with E-state index in [2.05, 4.69) is 26.0 Å². The van der Waals surface area contributed by atoms with Gasteiger partial charge in [-0.3, -0.25) is 4.98 Å². The SMILES string of the molecule is c1ccc(-c2csc(NCC3[C@H]4CNC[C@@H]34)n2)nc1. The highest BCUT2D eigenvalue weighted by atomic mass is 32.1. The molecule has 1 saturated heterocycles. The fraction of sp³-hybridized carbons (Fsp3) is 0.429. The van der Waals surface area contributed by atoms with Gasteiger partial charge in [0.05, 0.1) is 5.69 Å². The number of nitrogens with zero attached hydrogens (tertiary/aromatic N) is 2. The van der Waals surface area contributed by atoms with Crippen LogP contribution in [0, 0.1) is 17.8 Å². The molecule has 1 unspecified atom stereocenters. The first-order valence-electron chi connectivity index (χ1n) is 6.73. The first kappa shape index (κ1) is 11.4. The molecular weight excluding hydrogens is 256 g/mol. The molecule has 0 aromatic carbocycles. The quantitative estimate of drug-likeness (QED) is 0.895. The Hall–Kier alpha value is -1.46. The van der Waals surface area contributed by atoms with Crippen LogP contribution in [-0.2, 0) is 0 Å². The molecule has 2 aliphatic rings. The van der Waals surface area contributed by atoms with E-state index in [0.29, 0.717) is 0 Å². The van der Waals surface area contributed by atoms with Gasteiger partial charge in [-0.1, -0.05) is 6.07 Å². The molecule has 1 saturated carbocycles. The molecule has 0 spiro atoms. The van der Waals surface area contributed by atoms with Crippen LogP contribution in [0.5, 0.6) is 0 Å². The van der Waals surface area contributed by atoms with Crippen molar-refractivity contribution in [1.82, 2.24) is 15.3 Å². The zero-order valence-electron chi connectivity index (χ0n) is 10.5. The first-order valence-corrected chi connectivity index (χ1v) is 7.61. The maximum Gasteiger partial charge on any atom is 0.183 e. The highest BCUT2D eigenvalue weighted by molar-refractivity contribution is 7.14. The van der Waals surface area contributed by atoms with Gasteiger partial charge in [-0.05, 0) is 43.0 Å². The van der Waals surface area contributed by atoms with Gasteiger partial charge in [-0.15, -0.1) is 11.3 Å². The summed E-state index contributed by atoms with van der Waals surface area (Å²) in [4.78, 5) is 8.93. The molecule has 0 amide bonds. The number of hydrogen-bond donors (Lipinski definition) is 2. The largest absolute Gasteiger partial charge is 0.361 e. The van der Waals surface area contributed by atoms with Crippen LogP contribution in [0.4, 0.5) is 5.13 Å². The van der Waals surface area contributed by atoms with E-state index in [9.17, 15) is 0 Å². The van der Waals surface area contributed by atoms with Crippen LogP contribution >= 0.6 is 11.3 Å².